The van der Waals surface area contributed by atoms with Crippen molar-refractivity contribution in [3.63, 3.8) is 0 Å². The summed E-state index contributed by atoms with van der Waals surface area (Å²) in [6, 6.07) is 0.865. The molecule has 19 heavy (non-hydrogen) atoms. The smallest absolute Gasteiger partial charge is 0.308 e. The molecule has 0 bridgehead atoms. The maximum atomic E-state index is 11.6. The zero-order valence-corrected chi connectivity index (χ0v) is 11.7. The van der Waals surface area contributed by atoms with Gasteiger partial charge < -0.3 is 10.4 Å². The predicted molar refractivity (Wildman–Crippen MR) is 74.1 cm³/mol. The minimum absolute atomic E-state index is 0.136. The Morgan fingerprint density at radius 1 is 1.16 bits per heavy atom. The third-order valence-corrected chi connectivity index (χ3v) is 5.39. The molecule has 0 radical (unpaired) electrons. The van der Waals surface area contributed by atoms with Gasteiger partial charge in [0, 0.05) is 18.6 Å². The lowest BCUT2D eigenvalue weighted by Crippen LogP contribution is -2.57. The van der Waals surface area contributed by atoms with Crippen molar-refractivity contribution in [1.29, 1.82) is 0 Å². The minimum atomic E-state index is -0.572. The molecule has 0 aromatic rings. The molecule has 4 heteroatoms. The van der Waals surface area contributed by atoms with Crippen LogP contribution in [0.1, 0.15) is 44.9 Å². The number of hydrogen-bond donors (Lipinski definition) is 2. The number of aliphatic carboxylic acids is 1. The first-order chi connectivity index (χ1) is 9.25. The van der Waals surface area contributed by atoms with Crippen LogP contribution in [0.2, 0.25) is 0 Å². The lowest BCUT2D eigenvalue weighted by atomic mass is 9.75. The molecule has 3 heterocycles. The maximum absolute atomic E-state index is 11.6. The average Bonchev–Trinajstić information content (AvgIpc) is 2.47. The fourth-order valence-electron chi connectivity index (χ4n) is 4.40. The summed E-state index contributed by atoms with van der Waals surface area (Å²) in [7, 11) is 0. The molecule has 3 saturated heterocycles. The molecular weight excluding hydrogens is 240 g/mol. The largest absolute Gasteiger partial charge is 0.481 e. The molecule has 2 N–H and O–H groups in total. The summed E-state index contributed by atoms with van der Waals surface area (Å²) >= 11 is 0. The molecule has 3 aliphatic heterocycles. The number of carboxylic acid groups (broad SMARTS) is 1. The number of fused-ring (bicyclic) bond motifs is 1. The number of carboxylic acids is 1. The fraction of sp³-hybridized carbons (Fsp3) is 0.933. The second-order valence-electron chi connectivity index (χ2n) is 6.55. The minimum Gasteiger partial charge on any atom is -0.481 e. The van der Waals surface area contributed by atoms with Crippen molar-refractivity contribution in [3.05, 3.63) is 0 Å². The second kappa shape index (κ2) is 5.80. The third-order valence-electron chi connectivity index (χ3n) is 5.39. The van der Waals surface area contributed by atoms with Gasteiger partial charge in [-0.05, 0) is 51.1 Å². The van der Waals surface area contributed by atoms with Crippen molar-refractivity contribution >= 4 is 5.97 Å². The summed E-state index contributed by atoms with van der Waals surface area (Å²) in [6.45, 7) is 3.34. The molecule has 0 aliphatic carbocycles. The summed E-state index contributed by atoms with van der Waals surface area (Å²) in [5, 5.41) is 13.2. The van der Waals surface area contributed by atoms with E-state index in [2.05, 4.69) is 10.2 Å². The molecular formula is C15H26N2O2. The van der Waals surface area contributed by atoms with Crippen molar-refractivity contribution in [2.24, 2.45) is 11.8 Å². The summed E-state index contributed by atoms with van der Waals surface area (Å²) < 4.78 is 0. The first-order valence-electron chi connectivity index (χ1n) is 7.96. The average molecular weight is 266 g/mol. The first-order valence-corrected chi connectivity index (χ1v) is 7.96. The Morgan fingerprint density at radius 3 is 2.74 bits per heavy atom. The Kier molecular flexibility index (Phi) is 4.08. The predicted octanol–water partition coefficient (Wildman–Crippen LogP) is 1.70. The van der Waals surface area contributed by atoms with Gasteiger partial charge in [0.2, 0.25) is 0 Å². The topological polar surface area (TPSA) is 52.6 Å². The number of nitrogens with zero attached hydrogens (tertiary/aromatic N) is 1. The Hall–Kier alpha value is -0.610. The van der Waals surface area contributed by atoms with E-state index in [4.69, 9.17) is 0 Å². The Morgan fingerprint density at radius 2 is 2.00 bits per heavy atom. The van der Waals surface area contributed by atoms with Crippen molar-refractivity contribution in [3.8, 4) is 0 Å². The van der Waals surface area contributed by atoms with Crippen molar-refractivity contribution < 1.29 is 9.90 Å². The van der Waals surface area contributed by atoms with E-state index in [-0.39, 0.29) is 5.92 Å². The highest BCUT2D eigenvalue weighted by Crippen LogP contribution is 2.36. The van der Waals surface area contributed by atoms with E-state index >= 15 is 0 Å². The van der Waals surface area contributed by atoms with Gasteiger partial charge in [-0.15, -0.1) is 0 Å². The first kappa shape index (κ1) is 13.4. The highest BCUT2D eigenvalue weighted by Gasteiger charge is 2.43. The summed E-state index contributed by atoms with van der Waals surface area (Å²) in [5.74, 6) is -0.170. The van der Waals surface area contributed by atoms with Crippen LogP contribution in [-0.2, 0) is 4.79 Å². The lowest BCUT2D eigenvalue weighted by molar-refractivity contribution is -0.148. The molecule has 0 amide bonds. The number of piperidine rings is 3. The van der Waals surface area contributed by atoms with Crippen LogP contribution in [0.4, 0.5) is 0 Å². The van der Waals surface area contributed by atoms with Crippen molar-refractivity contribution in [1.82, 2.24) is 10.2 Å². The van der Waals surface area contributed by atoms with Crippen LogP contribution in [0.25, 0.3) is 0 Å². The third kappa shape index (κ3) is 2.79. The van der Waals surface area contributed by atoms with Crippen LogP contribution in [0.5, 0.6) is 0 Å². The normalized spacial score (nSPS) is 40.6. The molecule has 4 nitrogen and oxygen atoms in total. The summed E-state index contributed by atoms with van der Waals surface area (Å²) in [5.41, 5.74) is 0. The molecule has 0 aromatic heterocycles. The molecule has 3 fully saturated rings. The van der Waals surface area contributed by atoms with Gasteiger partial charge in [-0.25, -0.2) is 0 Å². The Labute approximate surface area is 115 Å². The van der Waals surface area contributed by atoms with Crippen LogP contribution in [0.3, 0.4) is 0 Å². The number of hydrogen-bond acceptors (Lipinski definition) is 3. The zero-order valence-electron chi connectivity index (χ0n) is 11.7. The molecule has 3 aliphatic rings. The van der Waals surface area contributed by atoms with E-state index in [1.165, 1.54) is 32.1 Å². The van der Waals surface area contributed by atoms with Gasteiger partial charge in [-0.2, -0.15) is 0 Å². The number of rotatable bonds is 2. The summed E-state index contributed by atoms with van der Waals surface area (Å²) in [6.07, 6.45) is 8.23. The molecule has 108 valence electrons. The van der Waals surface area contributed by atoms with E-state index in [1.54, 1.807) is 0 Å². The van der Waals surface area contributed by atoms with Gasteiger partial charge in [-0.3, -0.25) is 9.69 Å². The second-order valence-corrected chi connectivity index (χ2v) is 6.55. The van der Waals surface area contributed by atoms with Gasteiger partial charge in [-0.1, -0.05) is 12.8 Å². The van der Waals surface area contributed by atoms with E-state index < -0.39 is 5.97 Å². The SMILES string of the molecule is O=C(O)[C@@H]1C[C@H]([C@@H]2CCCCN2)CN2CCCC[C@@H]12. The van der Waals surface area contributed by atoms with Gasteiger partial charge in [0.05, 0.1) is 5.92 Å². The maximum Gasteiger partial charge on any atom is 0.308 e. The molecule has 0 aromatic carbocycles. The quantitative estimate of drug-likeness (QED) is 0.799. The molecule has 0 unspecified atom stereocenters. The van der Waals surface area contributed by atoms with Gasteiger partial charge >= 0.3 is 5.97 Å². The van der Waals surface area contributed by atoms with Crippen molar-refractivity contribution in [2.75, 3.05) is 19.6 Å². The number of nitrogens with one attached hydrogen (secondary N) is 1. The molecule has 0 saturated carbocycles. The van der Waals surface area contributed by atoms with E-state index in [0.717, 1.165) is 32.5 Å². The highest BCUT2D eigenvalue weighted by molar-refractivity contribution is 5.71. The van der Waals surface area contributed by atoms with Gasteiger partial charge in [0.15, 0.2) is 0 Å². The zero-order chi connectivity index (χ0) is 13.2. The summed E-state index contributed by atoms with van der Waals surface area (Å²) in [4.78, 5) is 14.1. The highest BCUT2D eigenvalue weighted by atomic mass is 16.4. The van der Waals surface area contributed by atoms with Gasteiger partial charge in [0.25, 0.3) is 0 Å². The molecule has 3 rings (SSSR count). The standard InChI is InChI=1S/C15H26N2O2/c18-15(19)12-9-11(13-5-1-3-7-16-13)10-17-8-4-2-6-14(12)17/h11-14,16H,1-10H2,(H,18,19)/t11-,12+,13-,14-/m0/s1. The molecule has 0 spiro atoms. The van der Waals surface area contributed by atoms with Crippen LogP contribution in [0.15, 0.2) is 0 Å². The van der Waals surface area contributed by atoms with Crippen LogP contribution < -0.4 is 5.32 Å². The van der Waals surface area contributed by atoms with Crippen LogP contribution in [0, 0.1) is 11.8 Å². The van der Waals surface area contributed by atoms with E-state index in [9.17, 15) is 9.90 Å². The Bertz CT molecular complexity index is 328. The lowest BCUT2D eigenvalue weighted by Gasteiger charge is -2.48. The monoisotopic (exact) mass is 266 g/mol. The fourth-order valence-corrected chi connectivity index (χ4v) is 4.40. The van der Waals surface area contributed by atoms with E-state index in [1.807, 2.05) is 0 Å². The Balaban J connectivity index is 1.71. The van der Waals surface area contributed by atoms with E-state index in [0.29, 0.717) is 18.0 Å². The van der Waals surface area contributed by atoms with Crippen LogP contribution in [-0.4, -0.2) is 47.7 Å². The van der Waals surface area contributed by atoms with Crippen LogP contribution >= 0.6 is 0 Å². The van der Waals surface area contributed by atoms with Gasteiger partial charge in [0.1, 0.15) is 0 Å². The van der Waals surface area contributed by atoms with Crippen molar-refractivity contribution in [2.45, 2.75) is 57.0 Å². The number of carbonyl (C=O) groups is 1. The molecule has 4 atom stereocenters.